The summed E-state index contributed by atoms with van der Waals surface area (Å²) in [7, 11) is 1.57. The van der Waals surface area contributed by atoms with Crippen molar-refractivity contribution < 1.29 is 19.6 Å². The SMILES string of the molecule is COc1cc(C[NH2+][C@@H](C)c2ccccc2)c(Br)cc1OCC(N)=O. The molecule has 5 nitrogen and oxygen atoms in total. The van der Waals surface area contributed by atoms with E-state index in [0.717, 1.165) is 16.6 Å². The zero-order valence-electron chi connectivity index (χ0n) is 13.8. The molecule has 6 heteroatoms. The van der Waals surface area contributed by atoms with Crippen LogP contribution < -0.4 is 20.5 Å². The number of halogens is 1. The maximum Gasteiger partial charge on any atom is 0.255 e. The number of hydrogen-bond donors (Lipinski definition) is 2. The molecule has 1 atom stereocenters. The molecule has 0 saturated carbocycles. The number of hydrogen-bond acceptors (Lipinski definition) is 3. The van der Waals surface area contributed by atoms with Gasteiger partial charge < -0.3 is 20.5 Å². The highest BCUT2D eigenvalue weighted by atomic mass is 79.9. The van der Waals surface area contributed by atoms with Crippen LogP contribution >= 0.6 is 15.9 Å². The lowest BCUT2D eigenvalue weighted by atomic mass is 10.1. The van der Waals surface area contributed by atoms with Gasteiger partial charge in [-0.2, -0.15) is 0 Å². The molecule has 2 rings (SSSR count). The number of carbonyl (C=O) groups is 1. The van der Waals surface area contributed by atoms with E-state index < -0.39 is 5.91 Å². The molecule has 0 saturated heterocycles. The van der Waals surface area contributed by atoms with Gasteiger partial charge in [-0.15, -0.1) is 0 Å². The number of ether oxygens (including phenoxy) is 2. The maximum atomic E-state index is 10.9. The predicted octanol–water partition coefficient (Wildman–Crippen LogP) is 2.15. The molecule has 128 valence electrons. The lowest BCUT2D eigenvalue weighted by molar-refractivity contribution is -0.708. The number of benzene rings is 2. The quantitative estimate of drug-likeness (QED) is 0.720. The molecule has 24 heavy (non-hydrogen) atoms. The molecule has 0 aliphatic rings. The number of methoxy groups -OCH3 is 1. The number of quaternary nitrogens is 1. The minimum absolute atomic E-state index is 0.181. The monoisotopic (exact) mass is 393 g/mol. The first-order chi connectivity index (χ1) is 11.5. The van der Waals surface area contributed by atoms with Crippen LogP contribution in [-0.2, 0) is 11.3 Å². The zero-order valence-corrected chi connectivity index (χ0v) is 15.4. The van der Waals surface area contributed by atoms with Crippen molar-refractivity contribution in [1.29, 1.82) is 0 Å². The Labute approximate surface area is 150 Å². The van der Waals surface area contributed by atoms with Crippen LogP contribution in [0.4, 0.5) is 0 Å². The molecule has 0 heterocycles. The van der Waals surface area contributed by atoms with Crippen molar-refractivity contribution >= 4 is 21.8 Å². The number of primary amides is 1. The van der Waals surface area contributed by atoms with E-state index in [4.69, 9.17) is 15.2 Å². The topological polar surface area (TPSA) is 78.2 Å². The first kappa shape index (κ1) is 18.3. The van der Waals surface area contributed by atoms with Crippen LogP contribution in [0.3, 0.4) is 0 Å². The van der Waals surface area contributed by atoms with Gasteiger partial charge in [0.05, 0.1) is 7.11 Å². The molecule has 0 radical (unpaired) electrons. The second kappa shape index (κ2) is 8.70. The predicted molar refractivity (Wildman–Crippen MR) is 95.9 cm³/mol. The van der Waals surface area contributed by atoms with Crippen LogP contribution in [0.5, 0.6) is 11.5 Å². The zero-order chi connectivity index (χ0) is 17.5. The maximum absolute atomic E-state index is 10.9. The summed E-state index contributed by atoms with van der Waals surface area (Å²) in [5.41, 5.74) is 7.48. The Kier molecular flexibility index (Phi) is 6.63. The largest absolute Gasteiger partial charge is 0.493 e. The van der Waals surface area contributed by atoms with Crippen LogP contribution in [0.25, 0.3) is 0 Å². The van der Waals surface area contributed by atoms with E-state index in [-0.39, 0.29) is 6.61 Å². The highest BCUT2D eigenvalue weighted by Crippen LogP contribution is 2.33. The second-order valence-electron chi connectivity index (χ2n) is 5.49. The summed E-state index contributed by atoms with van der Waals surface area (Å²) in [5, 5.41) is 2.25. The highest BCUT2D eigenvalue weighted by Gasteiger charge is 2.14. The summed E-state index contributed by atoms with van der Waals surface area (Å²) in [6, 6.07) is 14.4. The van der Waals surface area contributed by atoms with Crippen LogP contribution in [0.2, 0.25) is 0 Å². The van der Waals surface area contributed by atoms with Crippen LogP contribution in [0, 0.1) is 0 Å². The first-order valence-corrected chi connectivity index (χ1v) is 8.46. The molecule has 0 fully saturated rings. The van der Waals surface area contributed by atoms with Gasteiger partial charge in [-0.3, -0.25) is 4.79 Å². The third-order valence-electron chi connectivity index (χ3n) is 3.72. The molecule has 2 aromatic rings. The normalized spacial score (nSPS) is 11.8. The van der Waals surface area contributed by atoms with E-state index >= 15 is 0 Å². The van der Waals surface area contributed by atoms with Crippen molar-refractivity contribution in [3.05, 3.63) is 58.1 Å². The second-order valence-corrected chi connectivity index (χ2v) is 6.34. The van der Waals surface area contributed by atoms with E-state index in [0.29, 0.717) is 17.5 Å². The van der Waals surface area contributed by atoms with Gasteiger partial charge >= 0.3 is 0 Å². The Balaban J connectivity index is 2.08. The summed E-state index contributed by atoms with van der Waals surface area (Å²) in [5.74, 6) is 0.542. The molecule has 1 amide bonds. The molecular weight excluding hydrogens is 372 g/mol. The molecule has 2 aromatic carbocycles. The Bertz CT molecular complexity index is 692. The minimum atomic E-state index is -0.526. The van der Waals surface area contributed by atoms with Crippen molar-refractivity contribution in [1.82, 2.24) is 0 Å². The molecule has 0 unspecified atom stereocenters. The van der Waals surface area contributed by atoms with E-state index in [9.17, 15) is 4.79 Å². The van der Waals surface area contributed by atoms with Crippen LogP contribution in [0.1, 0.15) is 24.1 Å². The fourth-order valence-electron chi connectivity index (χ4n) is 2.35. The smallest absolute Gasteiger partial charge is 0.255 e. The number of carbonyl (C=O) groups excluding carboxylic acids is 1. The van der Waals surface area contributed by atoms with Gasteiger partial charge in [0.25, 0.3) is 5.91 Å². The minimum Gasteiger partial charge on any atom is -0.493 e. The van der Waals surface area contributed by atoms with E-state index in [1.165, 1.54) is 5.56 Å². The van der Waals surface area contributed by atoms with Gasteiger partial charge in [-0.25, -0.2) is 0 Å². The third-order valence-corrected chi connectivity index (χ3v) is 4.46. The van der Waals surface area contributed by atoms with E-state index in [1.54, 1.807) is 13.2 Å². The Morgan fingerprint density at radius 1 is 1.25 bits per heavy atom. The van der Waals surface area contributed by atoms with Gasteiger partial charge in [0.15, 0.2) is 18.1 Å². The summed E-state index contributed by atoms with van der Waals surface area (Å²) in [6.45, 7) is 2.77. The van der Waals surface area contributed by atoms with Crippen molar-refractivity contribution in [2.75, 3.05) is 13.7 Å². The van der Waals surface area contributed by atoms with Gasteiger partial charge in [0, 0.05) is 15.6 Å². The van der Waals surface area contributed by atoms with Gasteiger partial charge in [-0.1, -0.05) is 46.3 Å². The van der Waals surface area contributed by atoms with Crippen LogP contribution in [-0.4, -0.2) is 19.6 Å². The lowest BCUT2D eigenvalue weighted by Gasteiger charge is -2.15. The molecule has 0 aliphatic carbocycles. The third kappa shape index (κ3) is 4.97. The molecule has 0 aromatic heterocycles. The summed E-state index contributed by atoms with van der Waals surface area (Å²) in [4.78, 5) is 10.9. The number of amides is 1. The van der Waals surface area contributed by atoms with Crippen LogP contribution in [0.15, 0.2) is 46.9 Å². The van der Waals surface area contributed by atoms with Gasteiger partial charge in [0.1, 0.15) is 12.6 Å². The van der Waals surface area contributed by atoms with Crippen molar-refractivity contribution in [3.63, 3.8) is 0 Å². The number of rotatable bonds is 8. The Morgan fingerprint density at radius 3 is 2.58 bits per heavy atom. The Hall–Kier alpha value is -2.05. The summed E-state index contributed by atoms with van der Waals surface area (Å²) < 4.78 is 11.6. The summed E-state index contributed by atoms with van der Waals surface area (Å²) >= 11 is 3.55. The average Bonchev–Trinajstić information content (AvgIpc) is 2.59. The average molecular weight is 394 g/mol. The summed E-state index contributed by atoms with van der Waals surface area (Å²) in [6.07, 6.45) is 0. The van der Waals surface area contributed by atoms with Gasteiger partial charge in [-0.05, 0) is 19.1 Å². The molecule has 0 bridgehead atoms. The molecule has 0 spiro atoms. The fraction of sp³-hybridized carbons (Fsp3) is 0.278. The standard InChI is InChI=1S/C18H21BrN2O3/c1-12(13-6-4-3-5-7-13)21-10-14-8-16(23-2)17(9-15(14)19)24-11-18(20)22/h3-9,12,21H,10-11H2,1-2H3,(H2,20,22)/p+1/t12-/m0/s1. The molecular formula is C18H22BrN2O3+. The van der Waals surface area contributed by atoms with Crippen molar-refractivity contribution in [2.45, 2.75) is 19.5 Å². The van der Waals surface area contributed by atoms with Crippen molar-refractivity contribution in [3.8, 4) is 11.5 Å². The fourth-order valence-corrected chi connectivity index (χ4v) is 2.84. The van der Waals surface area contributed by atoms with Crippen molar-refractivity contribution in [2.24, 2.45) is 5.73 Å². The first-order valence-electron chi connectivity index (χ1n) is 7.67. The van der Waals surface area contributed by atoms with E-state index in [2.05, 4.69) is 40.3 Å². The van der Waals surface area contributed by atoms with E-state index in [1.807, 2.05) is 24.3 Å². The molecule has 4 N–H and O–H groups in total. The molecule has 0 aliphatic heterocycles. The lowest BCUT2D eigenvalue weighted by Crippen LogP contribution is -2.83. The Morgan fingerprint density at radius 2 is 1.96 bits per heavy atom. The highest BCUT2D eigenvalue weighted by molar-refractivity contribution is 9.10. The number of nitrogens with two attached hydrogens (primary N) is 2. The van der Waals surface area contributed by atoms with Gasteiger partial charge in [0.2, 0.25) is 0 Å².